The van der Waals surface area contributed by atoms with Crippen LogP contribution in [0.3, 0.4) is 0 Å². The van der Waals surface area contributed by atoms with Crippen LogP contribution in [0.1, 0.15) is 43.4 Å². The zero-order valence-corrected chi connectivity index (χ0v) is 25.0. The number of aromatic nitrogens is 1. The normalized spacial score (nSPS) is 12.9. The molecule has 0 atom stereocenters. The van der Waals surface area contributed by atoms with E-state index in [0.29, 0.717) is 42.3 Å². The molecule has 0 unspecified atom stereocenters. The van der Waals surface area contributed by atoms with Crippen LogP contribution in [0.25, 0.3) is 0 Å². The van der Waals surface area contributed by atoms with Crippen LogP contribution in [0.4, 0.5) is 5.69 Å². The molecule has 1 aromatic heterocycles. The summed E-state index contributed by atoms with van der Waals surface area (Å²) in [5.74, 6) is 1.17. The first-order valence-electron chi connectivity index (χ1n) is 13.1. The zero-order chi connectivity index (χ0) is 29.7. The number of hydrogen-bond acceptors (Lipinski definition) is 8. The van der Waals surface area contributed by atoms with Crippen molar-refractivity contribution < 1.29 is 17.9 Å². The van der Waals surface area contributed by atoms with Gasteiger partial charge in [0.15, 0.2) is 5.84 Å². The summed E-state index contributed by atoms with van der Waals surface area (Å²) in [4.78, 5) is 13.4. The third-order valence-electron chi connectivity index (χ3n) is 6.02. The minimum absolute atomic E-state index is 0.137. The number of nitrogens with zero attached hydrogens (tertiary/aromatic N) is 4. The molecular weight excluding hydrogens is 528 g/mol. The summed E-state index contributed by atoms with van der Waals surface area (Å²) in [5, 5.41) is 0. The van der Waals surface area contributed by atoms with Crippen LogP contribution in [0.5, 0.6) is 5.75 Å². The van der Waals surface area contributed by atoms with Crippen LogP contribution >= 0.6 is 0 Å². The predicted octanol–water partition coefficient (Wildman–Crippen LogP) is 3.90. The van der Waals surface area contributed by atoms with E-state index in [0.717, 1.165) is 48.3 Å². The van der Waals surface area contributed by atoms with Crippen molar-refractivity contribution in [1.82, 2.24) is 4.98 Å². The van der Waals surface area contributed by atoms with E-state index in [-0.39, 0.29) is 12.2 Å². The summed E-state index contributed by atoms with van der Waals surface area (Å²) in [6.45, 7) is 11.8. The lowest BCUT2D eigenvalue weighted by atomic mass is 10.0. The summed E-state index contributed by atoms with van der Waals surface area (Å²) >= 11 is 0. The maximum Gasteiger partial charge on any atom is 0.232 e. The van der Waals surface area contributed by atoms with Crippen LogP contribution in [-0.2, 0) is 27.7 Å². The minimum Gasteiger partial charge on any atom is -0.491 e. The topological polar surface area (TPSA) is 145 Å². The highest BCUT2D eigenvalue weighted by Crippen LogP contribution is 2.22. The molecule has 0 aliphatic carbocycles. The lowest BCUT2D eigenvalue weighted by Gasteiger charge is -2.19. The second-order valence-corrected chi connectivity index (χ2v) is 11.4. The van der Waals surface area contributed by atoms with Crippen molar-refractivity contribution in [2.45, 2.75) is 46.6 Å². The van der Waals surface area contributed by atoms with E-state index in [4.69, 9.17) is 25.9 Å². The smallest absolute Gasteiger partial charge is 0.232 e. The Balaban J connectivity index is 2.19. The summed E-state index contributed by atoms with van der Waals surface area (Å²) in [5.41, 5.74) is 16.6. The number of rotatable bonds is 15. The maximum atomic E-state index is 12.1. The van der Waals surface area contributed by atoms with Gasteiger partial charge in [-0.15, -0.1) is 0 Å². The number of aliphatic imine (C=N–C) groups is 2. The zero-order valence-electron chi connectivity index (χ0n) is 24.2. The Kier molecular flexibility index (Phi) is 12.8. The fourth-order valence-electron chi connectivity index (χ4n) is 3.72. The van der Waals surface area contributed by atoms with Gasteiger partial charge in [-0.05, 0) is 56.4 Å². The van der Waals surface area contributed by atoms with E-state index in [9.17, 15) is 8.42 Å². The Morgan fingerprint density at radius 2 is 1.98 bits per heavy atom. The molecule has 0 amide bonds. The molecule has 0 spiro atoms. The number of amidine groups is 1. The average molecular weight is 571 g/mol. The van der Waals surface area contributed by atoms with Crippen molar-refractivity contribution in [3.8, 4) is 5.75 Å². The fourth-order valence-corrected chi connectivity index (χ4v) is 4.25. The quantitative estimate of drug-likeness (QED) is 0.143. The average Bonchev–Trinajstić information content (AvgIpc) is 2.90. The number of ether oxygens (including phenoxy) is 2. The molecule has 0 bridgehead atoms. The number of hydrogen-bond donors (Lipinski definition) is 2. The highest BCUT2D eigenvalue weighted by molar-refractivity contribution is 7.92. The lowest BCUT2D eigenvalue weighted by Crippen LogP contribution is -2.26. The molecule has 2 rings (SSSR count). The molecule has 40 heavy (non-hydrogen) atoms. The first-order valence-corrected chi connectivity index (χ1v) is 14.9. The van der Waals surface area contributed by atoms with Gasteiger partial charge in [-0.2, -0.15) is 0 Å². The van der Waals surface area contributed by atoms with Crippen molar-refractivity contribution in [3.63, 3.8) is 0 Å². The van der Waals surface area contributed by atoms with Gasteiger partial charge in [0.25, 0.3) is 0 Å². The Bertz CT molecular complexity index is 1350. The Morgan fingerprint density at radius 1 is 1.23 bits per heavy atom. The second kappa shape index (κ2) is 15.8. The van der Waals surface area contributed by atoms with Crippen LogP contribution in [0.2, 0.25) is 0 Å². The van der Waals surface area contributed by atoms with E-state index in [2.05, 4.69) is 29.5 Å². The van der Waals surface area contributed by atoms with E-state index in [1.807, 2.05) is 26.0 Å². The molecule has 0 radical (unpaired) electrons. The van der Waals surface area contributed by atoms with Crippen molar-refractivity contribution in [3.05, 3.63) is 77.4 Å². The Morgan fingerprint density at radius 3 is 2.60 bits per heavy atom. The van der Waals surface area contributed by atoms with Crippen molar-refractivity contribution in [2.75, 3.05) is 37.4 Å². The SMILES string of the molecule is C=C(N)C(=CN)C(N=C(C)CCc1ccc(OCCOCCC)c(C)c1)=NCc1ccncc1N(C)S(C)(=O)=O. The molecule has 10 nitrogen and oxygen atoms in total. The third-order valence-corrected chi connectivity index (χ3v) is 7.21. The number of sulfonamides is 1. The molecule has 218 valence electrons. The number of benzene rings is 1. The van der Waals surface area contributed by atoms with Gasteiger partial charge in [-0.1, -0.05) is 25.6 Å². The van der Waals surface area contributed by atoms with Crippen molar-refractivity contribution >= 4 is 27.3 Å². The van der Waals surface area contributed by atoms with Gasteiger partial charge in [0.2, 0.25) is 10.0 Å². The molecule has 4 N–H and O–H groups in total. The lowest BCUT2D eigenvalue weighted by molar-refractivity contribution is 0.100. The van der Waals surface area contributed by atoms with Gasteiger partial charge in [-0.3, -0.25) is 14.3 Å². The van der Waals surface area contributed by atoms with E-state index in [1.165, 1.54) is 23.7 Å². The number of pyridine rings is 1. The molecule has 1 heterocycles. The maximum absolute atomic E-state index is 12.1. The molecule has 0 saturated heterocycles. The fraction of sp³-hybridized carbons (Fsp3) is 0.414. The Hall–Kier alpha value is -3.70. The predicted molar refractivity (Wildman–Crippen MR) is 163 cm³/mol. The molecule has 11 heteroatoms. The first-order chi connectivity index (χ1) is 19.0. The standard InChI is InChI=1S/C29H42N6O4S/c1-7-14-38-15-16-39-28-11-10-24(17-21(28)2)9-8-22(3)34-29(26(18-30)23(4)31)33-19-25-12-13-32-20-27(25)35(5)40(6,36)37/h10-13,17-18,20H,4,7-9,14-16,19,30-31H2,1-3,5-6H3. The third kappa shape index (κ3) is 10.1. The summed E-state index contributed by atoms with van der Waals surface area (Å²) in [7, 11) is -2.01. The van der Waals surface area contributed by atoms with Crippen LogP contribution in [0, 0.1) is 6.92 Å². The van der Waals surface area contributed by atoms with Crippen LogP contribution in [0.15, 0.2) is 70.7 Å². The monoisotopic (exact) mass is 570 g/mol. The van der Waals surface area contributed by atoms with Gasteiger partial charge in [0.05, 0.1) is 36.9 Å². The molecule has 0 saturated carbocycles. The van der Waals surface area contributed by atoms with Crippen molar-refractivity contribution in [1.29, 1.82) is 0 Å². The number of aryl methyl sites for hydroxylation is 2. The highest BCUT2D eigenvalue weighted by atomic mass is 32.2. The molecule has 0 aliphatic heterocycles. The summed E-state index contributed by atoms with van der Waals surface area (Å²) < 4.78 is 36.7. The largest absolute Gasteiger partial charge is 0.491 e. The summed E-state index contributed by atoms with van der Waals surface area (Å²) in [6, 6.07) is 7.86. The van der Waals surface area contributed by atoms with Crippen LogP contribution in [-0.4, -0.2) is 58.1 Å². The molecule has 0 fully saturated rings. The minimum atomic E-state index is -3.48. The highest BCUT2D eigenvalue weighted by Gasteiger charge is 2.16. The molecule has 2 aromatic rings. The van der Waals surface area contributed by atoms with E-state index < -0.39 is 10.0 Å². The Labute approximate surface area is 238 Å². The van der Waals surface area contributed by atoms with E-state index >= 15 is 0 Å². The van der Waals surface area contributed by atoms with Crippen LogP contribution < -0.4 is 20.5 Å². The van der Waals surface area contributed by atoms with Gasteiger partial charge in [0.1, 0.15) is 12.4 Å². The number of anilines is 1. The van der Waals surface area contributed by atoms with Gasteiger partial charge in [0, 0.05) is 43.0 Å². The molecule has 1 aromatic carbocycles. The number of nitrogens with two attached hydrogens (primary N) is 2. The summed E-state index contributed by atoms with van der Waals surface area (Å²) in [6.07, 6.45) is 7.95. The van der Waals surface area contributed by atoms with Gasteiger partial charge in [-0.25, -0.2) is 13.4 Å². The second-order valence-electron chi connectivity index (χ2n) is 9.39. The van der Waals surface area contributed by atoms with Gasteiger partial charge < -0.3 is 20.9 Å². The first kappa shape index (κ1) is 32.5. The molecule has 0 aliphatic rings. The molecular formula is C29H42N6O4S. The van der Waals surface area contributed by atoms with E-state index in [1.54, 1.807) is 12.3 Å². The van der Waals surface area contributed by atoms with Crippen molar-refractivity contribution in [2.24, 2.45) is 21.5 Å². The van der Waals surface area contributed by atoms with Gasteiger partial charge >= 0.3 is 0 Å².